The Morgan fingerprint density at radius 1 is 1.32 bits per heavy atom. The van der Waals surface area contributed by atoms with Gasteiger partial charge in [-0.1, -0.05) is 24.3 Å². The van der Waals surface area contributed by atoms with Gasteiger partial charge in [0.1, 0.15) is 0 Å². The van der Waals surface area contributed by atoms with Gasteiger partial charge in [-0.15, -0.1) is 0 Å². The van der Waals surface area contributed by atoms with Crippen molar-refractivity contribution < 1.29 is 4.74 Å². The van der Waals surface area contributed by atoms with Gasteiger partial charge in [0.05, 0.1) is 12.7 Å². The molecule has 0 bridgehead atoms. The zero-order valence-corrected chi connectivity index (χ0v) is 13.6. The molecule has 1 N–H and O–H groups in total. The Kier molecular flexibility index (Phi) is 4.95. The maximum absolute atomic E-state index is 5.81. The van der Waals surface area contributed by atoms with Crippen molar-refractivity contribution in [3.8, 4) is 0 Å². The van der Waals surface area contributed by atoms with Gasteiger partial charge in [0.25, 0.3) is 0 Å². The van der Waals surface area contributed by atoms with Crippen LogP contribution in [0.5, 0.6) is 0 Å². The van der Waals surface area contributed by atoms with E-state index in [4.69, 9.17) is 4.74 Å². The second kappa shape index (κ2) is 7.11. The third-order valence-corrected chi connectivity index (χ3v) is 4.47. The number of guanidine groups is 1. The zero-order valence-electron chi connectivity index (χ0n) is 13.6. The van der Waals surface area contributed by atoms with Gasteiger partial charge in [-0.2, -0.15) is 0 Å². The van der Waals surface area contributed by atoms with Crippen molar-refractivity contribution in [1.82, 2.24) is 15.1 Å². The Morgan fingerprint density at radius 3 is 2.91 bits per heavy atom. The summed E-state index contributed by atoms with van der Waals surface area (Å²) in [7, 11) is 4.00. The van der Waals surface area contributed by atoms with Crippen molar-refractivity contribution in [2.24, 2.45) is 4.99 Å². The van der Waals surface area contributed by atoms with Gasteiger partial charge in [0.2, 0.25) is 0 Å². The van der Waals surface area contributed by atoms with Crippen LogP contribution in [0.2, 0.25) is 0 Å². The molecule has 2 aliphatic rings. The van der Waals surface area contributed by atoms with Crippen LogP contribution in [0.4, 0.5) is 0 Å². The molecule has 1 saturated heterocycles. The van der Waals surface area contributed by atoms with Crippen LogP contribution >= 0.6 is 0 Å². The van der Waals surface area contributed by atoms with E-state index in [0.29, 0.717) is 0 Å². The van der Waals surface area contributed by atoms with Crippen LogP contribution in [-0.4, -0.2) is 68.7 Å². The van der Waals surface area contributed by atoms with Gasteiger partial charge in [-0.25, -0.2) is 0 Å². The van der Waals surface area contributed by atoms with E-state index in [1.54, 1.807) is 0 Å². The van der Waals surface area contributed by atoms with Crippen molar-refractivity contribution in [3.63, 3.8) is 0 Å². The number of nitrogens with zero attached hydrogens (tertiary/aromatic N) is 3. The minimum Gasteiger partial charge on any atom is -0.374 e. The summed E-state index contributed by atoms with van der Waals surface area (Å²) in [6.45, 7) is 5.58. The van der Waals surface area contributed by atoms with Gasteiger partial charge in [-0.05, 0) is 24.6 Å². The molecular weight excluding hydrogens is 276 g/mol. The van der Waals surface area contributed by atoms with Crippen LogP contribution in [0.1, 0.15) is 11.1 Å². The molecule has 1 aromatic carbocycles. The molecule has 0 radical (unpaired) electrons. The number of hydrogen-bond donors (Lipinski definition) is 1. The Hall–Kier alpha value is -1.59. The first-order chi connectivity index (χ1) is 10.8. The molecule has 0 aromatic heterocycles. The largest absolute Gasteiger partial charge is 0.374 e. The molecule has 5 heteroatoms. The average molecular weight is 302 g/mol. The Labute approximate surface area is 133 Å². The maximum atomic E-state index is 5.81. The number of ether oxygens (including phenoxy) is 1. The number of hydrogen-bond acceptors (Lipinski definition) is 3. The fourth-order valence-electron chi connectivity index (χ4n) is 3.20. The minimum absolute atomic E-state index is 0.243. The fraction of sp³-hybridized carbons (Fsp3) is 0.588. The summed E-state index contributed by atoms with van der Waals surface area (Å²) in [6.07, 6.45) is 1.33. The Morgan fingerprint density at radius 2 is 2.14 bits per heavy atom. The highest BCUT2D eigenvalue weighted by atomic mass is 16.5. The molecule has 1 atom stereocenters. The van der Waals surface area contributed by atoms with E-state index in [0.717, 1.165) is 51.7 Å². The predicted molar refractivity (Wildman–Crippen MR) is 89.2 cm³/mol. The molecule has 1 aromatic rings. The number of rotatable bonds is 2. The van der Waals surface area contributed by atoms with Crippen LogP contribution in [0.15, 0.2) is 29.3 Å². The van der Waals surface area contributed by atoms with E-state index in [1.165, 1.54) is 11.1 Å². The monoisotopic (exact) mass is 302 g/mol. The lowest BCUT2D eigenvalue weighted by molar-refractivity contribution is -0.0163. The quantitative estimate of drug-likeness (QED) is 0.652. The normalized spacial score (nSPS) is 23.3. The molecule has 0 aliphatic carbocycles. The lowest BCUT2D eigenvalue weighted by Gasteiger charge is -2.34. The predicted octanol–water partition coefficient (Wildman–Crippen LogP) is 0.951. The number of nitrogens with one attached hydrogen (secondary N) is 1. The maximum Gasteiger partial charge on any atom is 0.194 e. The topological polar surface area (TPSA) is 40.1 Å². The number of morpholine rings is 1. The molecule has 2 aliphatic heterocycles. The van der Waals surface area contributed by atoms with E-state index in [-0.39, 0.29) is 6.10 Å². The second-order valence-corrected chi connectivity index (χ2v) is 6.12. The van der Waals surface area contributed by atoms with Crippen molar-refractivity contribution >= 4 is 5.96 Å². The average Bonchev–Trinajstić information content (AvgIpc) is 2.55. The first-order valence-electron chi connectivity index (χ1n) is 8.09. The number of fused-ring (bicyclic) bond motifs is 1. The third kappa shape index (κ3) is 3.59. The molecule has 22 heavy (non-hydrogen) atoms. The van der Waals surface area contributed by atoms with Crippen molar-refractivity contribution in [1.29, 1.82) is 0 Å². The standard InChI is InChI=1S/C17H26N4O/c1-18-17(19-11-16-13-20(2)9-10-22-16)21-8-7-14-5-3-4-6-15(14)12-21/h3-6,16H,7-13H2,1-2H3,(H,18,19). The number of benzene rings is 1. The van der Waals surface area contributed by atoms with Gasteiger partial charge >= 0.3 is 0 Å². The van der Waals surface area contributed by atoms with Gasteiger partial charge < -0.3 is 19.9 Å². The van der Waals surface area contributed by atoms with Gasteiger partial charge in [-0.3, -0.25) is 4.99 Å². The van der Waals surface area contributed by atoms with Gasteiger partial charge in [0.15, 0.2) is 5.96 Å². The third-order valence-electron chi connectivity index (χ3n) is 4.47. The molecule has 3 rings (SSSR count). The Balaban J connectivity index is 1.56. The molecule has 1 fully saturated rings. The van der Waals surface area contributed by atoms with Crippen LogP contribution in [0.3, 0.4) is 0 Å². The molecule has 120 valence electrons. The summed E-state index contributed by atoms with van der Waals surface area (Å²) in [6, 6.07) is 8.69. The molecular formula is C17H26N4O. The lowest BCUT2D eigenvalue weighted by Crippen LogP contribution is -2.50. The molecule has 0 saturated carbocycles. The zero-order chi connectivity index (χ0) is 15.4. The summed E-state index contributed by atoms with van der Waals surface area (Å²) >= 11 is 0. The second-order valence-electron chi connectivity index (χ2n) is 6.12. The highest BCUT2D eigenvalue weighted by molar-refractivity contribution is 5.80. The van der Waals surface area contributed by atoms with Crippen LogP contribution in [0.25, 0.3) is 0 Å². The highest BCUT2D eigenvalue weighted by Crippen LogP contribution is 2.18. The number of aliphatic imine (C=N–C) groups is 1. The highest BCUT2D eigenvalue weighted by Gasteiger charge is 2.21. The first-order valence-corrected chi connectivity index (χ1v) is 8.09. The first kappa shape index (κ1) is 15.3. The summed E-state index contributed by atoms with van der Waals surface area (Å²) < 4.78 is 5.81. The van der Waals surface area contributed by atoms with E-state index < -0.39 is 0 Å². The van der Waals surface area contributed by atoms with Crippen molar-refractivity contribution in [2.45, 2.75) is 19.1 Å². The van der Waals surface area contributed by atoms with Crippen molar-refractivity contribution in [2.75, 3.05) is 46.9 Å². The smallest absolute Gasteiger partial charge is 0.194 e. The van der Waals surface area contributed by atoms with E-state index in [9.17, 15) is 0 Å². The molecule has 0 amide bonds. The van der Waals surface area contributed by atoms with Gasteiger partial charge in [0, 0.05) is 39.8 Å². The van der Waals surface area contributed by atoms with Crippen LogP contribution < -0.4 is 5.32 Å². The number of likely N-dealkylation sites (N-methyl/N-ethyl adjacent to an activating group) is 1. The van der Waals surface area contributed by atoms with E-state index in [1.807, 2.05) is 7.05 Å². The van der Waals surface area contributed by atoms with Crippen LogP contribution in [-0.2, 0) is 17.7 Å². The summed E-state index contributed by atoms with van der Waals surface area (Å²) in [5, 5.41) is 3.48. The molecule has 1 unspecified atom stereocenters. The Bertz CT molecular complexity index is 531. The lowest BCUT2D eigenvalue weighted by atomic mass is 10.0. The SMILES string of the molecule is CN=C(NCC1CN(C)CCO1)N1CCc2ccccc2C1. The summed E-state index contributed by atoms with van der Waals surface area (Å²) in [5.41, 5.74) is 2.87. The van der Waals surface area contributed by atoms with Crippen molar-refractivity contribution in [3.05, 3.63) is 35.4 Å². The van der Waals surface area contributed by atoms with Crippen LogP contribution in [0, 0.1) is 0 Å². The fourth-order valence-corrected chi connectivity index (χ4v) is 3.20. The molecule has 0 spiro atoms. The van der Waals surface area contributed by atoms with E-state index >= 15 is 0 Å². The van der Waals surface area contributed by atoms with E-state index in [2.05, 4.69) is 51.4 Å². The summed E-state index contributed by atoms with van der Waals surface area (Å²) in [4.78, 5) is 9.09. The summed E-state index contributed by atoms with van der Waals surface area (Å²) in [5.74, 6) is 0.978. The molecule has 2 heterocycles. The molecule has 5 nitrogen and oxygen atoms in total. The minimum atomic E-state index is 0.243.